The van der Waals surface area contributed by atoms with Gasteiger partial charge in [0.2, 0.25) is 30.0 Å². The second kappa shape index (κ2) is 25.5. The van der Waals surface area contributed by atoms with Crippen molar-refractivity contribution in [1.82, 2.24) is 25.3 Å². The van der Waals surface area contributed by atoms with E-state index in [1.54, 1.807) is 11.0 Å². The first kappa shape index (κ1) is 51.7. The van der Waals surface area contributed by atoms with Gasteiger partial charge in [-0.25, -0.2) is 4.79 Å². The van der Waals surface area contributed by atoms with Crippen LogP contribution in [-0.4, -0.2) is 109 Å². The lowest BCUT2D eigenvalue weighted by Crippen LogP contribution is -2.62. The summed E-state index contributed by atoms with van der Waals surface area (Å²) in [5.74, 6) is -0.979. The lowest BCUT2D eigenvalue weighted by Gasteiger charge is -2.40. The molecule has 0 radical (unpaired) electrons. The van der Waals surface area contributed by atoms with Gasteiger partial charge in [-0.3, -0.25) is 28.8 Å². The number of rotatable bonds is 17. The number of piperazine rings is 1. The Morgan fingerprint density at radius 1 is 0.716 bits per heavy atom. The van der Waals surface area contributed by atoms with Crippen LogP contribution < -0.4 is 32.5 Å². The lowest BCUT2D eigenvalue weighted by molar-refractivity contribution is -0.145. The van der Waals surface area contributed by atoms with Gasteiger partial charge in [0.05, 0.1) is 37.3 Å². The summed E-state index contributed by atoms with van der Waals surface area (Å²) < 4.78 is 0. The summed E-state index contributed by atoms with van der Waals surface area (Å²) in [4.78, 5) is 86.1. The van der Waals surface area contributed by atoms with E-state index in [-0.39, 0.29) is 69.0 Å². The maximum absolute atomic E-state index is 13.5. The van der Waals surface area contributed by atoms with Gasteiger partial charge in [0.25, 0.3) is 0 Å². The summed E-state index contributed by atoms with van der Waals surface area (Å²) in [6, 6.07) is 29.2. The topological polar surface area (TPSA) is 213 Å². The Hall–Kier alpha value is -6.33. The molecular formula is C50H64ClN9O7. The third kappa shape index (κ3) is 14.1. The van der Waals surface area contributed by atoms with Crippen LogP contribution in [0.3, 0.4) is 0 Å². The van der Waals surface area contributed by atoms with E-state index >= 15 is 0 Å². The number of halogens is 1. The molecule has 17 heteroatoms. The van der Waals surface area contributed by atoms with Crippen LogP contribution in [-0.2, 0) is 61.2 Å². The summed E-state index contributed by atoms with van der Waals surface area (Å²) in [6.07, 6.45) is 4.13. The molecular weight excluding hydrogens is 874 g/mol. The molecule has 358 valence electrons. The minimum Gasteiger partial charge on any atom is -0.351 e. The largest absolute Gasteiger partial charge is 0.351 e. The van der Waals surface area contributed by atoms with E-state index in [0.717, 1.165) is 41.0 Å². The predicted molar refractivity (Wildman–Crippen MR) is 260 cm³/mol. The quantitative estimate of drug-likeness (QED) is 0.0725. The van der Waals surface area contributed by atoms with Crippen molar-refractivity contribution in [2.45, 2.75) is 72.0 Å². The third-order valence-electron chi connectivity index (χ3n) is 12.3. The third-order valence-corrected chi connectivity index (χ3v) is 12.7. The molecule has 2 heterocycles. The summed E-state index contributed by atoms with van der Waals surface area (Å²) in [7, 11) is 0. The Balaban J connectivity index is 0.000000252. The second-order valence-electron chi connectivity index (χ2n) is 16.4. The van der Waals surface area contributed by atoms with E-state index in [0.29, 0.717) is 61.8 Å². The van der Waals surface area contributed by atoms with Crippen LogP contribution in [0.5, 0.6) is 0 Å². The molecule has 2 aliphatic rings. The monoisotopic (exact) mass is 937 g/mol. The minimum atomic E-state index is -0.878. The van der Waals surface area contributed by atoms with Crippen molar-refractivity contribution in [3.8, 4) is 0 Å². The molecule has 2 aliphatic heterocycles. The Bertz CT molecular complexity index is 2290. The number of hydrogen-bond donors (Lipinski definition) is 5. The number of hydrogen-bond acceptors (Lipinski definition) is 9. The maximum Gasteiger partial charge on any atom is 0.321 e. The number of carbonyl (C=O) groups is 6. The molecule has 2 fully saturated rings. The fourth-order valence-corrected chi connectivity index (χ4v) is 8.20. The second-order valence-corrected chi connectivity index (χ2v) is 16.8. The van der Waals surface area contributed by atoms with Crippen LogP contribution in [0.15, 0.2) is 97.1 Å². The number of nitrogens with one attached hydrogen (secondary N) is 3. The van der Waals surface area contributed by atoms with Gasteiger partial charge in [-0.15, -0.1) is 0 Å². The molecule has 7 N–H and O–H groups in total. The van der Waals surface area contributed by atoms with Crippen LogP contribution in [0.2, 0.25) is 5.02 Å². The van der Waals surface area contributed by atoms with Gasteiger partial charge in [0.1, 0.15) is 6.04 Å². The van der Waals surface area contributed by atoms with Crippen molar-refractivity contribution in [1.29, 1.82) is 0 Å². The number of nitrogens with two attached hydrogens (primary N) is 2. The number of benzene rings is 4. The first-order valence-electron chi connectivity index (χ1n) is 22.8. The SMILES string of the molecule is CCc1ccc(N(C=O)OCC2(C(=O)NCc3ccccc3CC)CCN(C(=O)CN)CC2)cc1.CCc1ccc(NC(=O)N2CCN(C(=O)CN)C(C(=O)NCc3ccccc3Cl)C2)cc1. The zero-order valence-electron chi connectivity index (χ0n) is 38.7. The molecule has 6 rings (SSSR count). The fourth-order valence-electron chi connectivity index (χ4n) is 8.00. The van der Waals surface area contributed by atoms with E-state index in [1.165, 1.54) is 20.9 Å². The molecule has 4 aromatic carbocycles. The number of likely N-dealkylation sites (tertiary alicyclic amines) is 1. The normalized spacial score (nSPS) is 15.4. The predicted octanol–water partition coefficient (Wildman–Crippen LogP) is 4.81. The number of aryl methyl sites for hydroxylation is 3. The van der Waals surface area contributed by atoms with E-state index in [1.807, 2.05) is 84.9 Å². The number of urea groups is 1. The smallest absolute Gasteiger partial charge is 0.321 e. The molecule has 0 bridgehead atoms. The Labute approximate surface area is 398 Å². The molecule has 1 unspecified atom stereocenters. The highest BCUT2D eigenvalue weighted by molar-refractivity contribution is 6.31. The van der Waals surface area contributed by atoms with E-state index in [9.17, 15) is 28.8 Å². The average molecular weight is 939 g/mol. The van der Waals surface area contributed by atoms with Gasteiger partial charge in [0.15, 0.2) is 0 Å². The minimum absolute atomic E-state index is 0.0210. The van der Waals surface area contributed by atoms with Crippen molar-refractivity contribution in [3.05, 3.63) is 130 Å². The highest BCUT2D eigenvalue weighted by atomic mass is 35.5. The van der Waals surface area contributed by atoms with Gasteiger partial charge in [-0.2, -0.15) is 5.06 Å². The highest BCUT2D eigenvalue weighted by Crippen LogP contribution is 2.34. The van der Waals surface area contributed by atoms with Gasteiger partial charge in [-0.1, -0.05) is 99.1 Å². The van der Waals surface area contributed by atoms with Crippen molar-refractivity contribution in [2.24, 2.45) is 16.9 Å². The number of nitrogens with zero attached hydrogens (tertiary/aromatic N) is 4. The molecule has 0 aliphatic carbocycles. The van der Waals surface area contributed by atoms with Gasteiger partial charge < -0.3 is 42.1 Å². The van der Waals surface area contributed by atoms with Crippen LogP contribution in [0, 0.1) is 5.41 Å². The van der Waals surface area contributed by atoms with E-state index in [4.69, 9.17) is 27.9 Å². The molecule has 0 saturated carbocycles. The van der Waals surface area contributed by atoms with Gasteiger partial charge in [0, 0.05) is 50.0 Å². The summed E-state index contributed by atoms with van der Waals surface area (Å²) >= 11 is 6.16. The molecule has 2 saturated heterocycles. The molecule has 16 nitrogen and oxygen atoms in total. The zero-order valence-corrected chi connectivity index (χ0v) is 39.4. The molecule has 0 aromatic heterocycles. The first-order valence-corrected chi connectivity index (χ1v) is 23.2. The number of hydroxylamine groups is 1. The highest BCUT2D eigenvalue weighted by Gasteiger charge is 2.43. The van der Waals surface area contributed by atoms with Crippen molar-refractivity contribution >= 4 is 59.0 Å². The van der Waals surface area contributed by atoms with Crippen molar-refractivity contribution < 1.29 is 33.6 Å². The number of anilines is 2. The van der Waals surface area contributed by atoms with Gasteiger partial charge in [-0.05, 0) is 90.3 Å². The lowest BCUT2D eigenvalue weighted by atomic mass is 9.78. The Morgan fingerprint density at radius 2 is 1.30 bits per heavy atom. The molecule has 4 aromatic rings. The molecule has 1 atom stereocenters. The van der Waals surface area contributed by atoms with Crippen molar-refractivity contribution in [2.75, 3.05) is 62.8 Å². The van der Waals surface area contributed by atoms with E-state index < -0.39 is 11.5 Å². The van der Waals surface area contributed by atoms with Crippen LogP contribution in [0.1, 0.15) is 61.4 Å². The number of amides is 7. The summed E-state index contributed by atoms with van der Waals surface area (Å²) in [5, 5.41) is 10.5. The standard InChI is InChI=1S/C27H36N4O4.C23H28ClN5O3/c1-3-21-9-11-24(12-10-21)31(20-32)35-19-27(13-15-30(16-14-27)25(33)17-28)26(34)29-18-23-8-6-5-7-22(23)4-2;1-2-16-7-9-18(10-8-16)27-23(32)28-11-12-29(21(30)13-25)20(15-28)22(31)26-14-17-5-3-4-6-19(17)24/h5-12,20H,3-4,13-19,28H2,1-2H3,(H,29,34);3-10,20H,2,11-15,25H2,1H3,(H,26,31)(H,27,32). The van der Waals surface area contributed by atoms with Crippen LogP contribution in [0.4, 0.5) is 16.2 Å². The molecule has 0 spiro atoms. The van der Waals surface area contributed by atoms with Crippen LogP contribution in [0.25, 0.3) is 0 Å². The maximum atomic E-state index is 13.5. The summed E-state index contributed by atoms with van der Waals surface area (Å²) in [5.41, 5.74) is 16.8. The number of piperidine rings is 1. The molecule has 7 amide bonds. The molecule has 67 heavy (non-hydrogen) atoms. The first-order chi connectivity index (χ1) is 32.4. The van der Waals surface area contributed by atoms with Gasteiger partial charge >= 0.3 is 6.03 Å². The average Bonchev–Trinajstić information content (AvgIpc) is 3.37. The van der Waals surface area contributed by atoms with E-state index in [2.05, 4.69) is 42.8 Å². The Kier molecular flexibility index (Phi) is 19.7. The number of carbonyl (C=O) groups excluding carboxylic acids is 6. The summed E-state index contributed by atoms with van der Waals surface area (Å²) in [6.45, 7) is 8.00. The zero-order chi connectivity index (χ0) is 48.3. The van der Waals surface area contributed by atoms with Crippen molar-refractivity contribution in [3.63, 3.8) is 0 Å². The fraction of sp³-hybridized carbons (Fsp3) is 0.400. The van der Waals surface area contributed by atoms with Crippen LogP contribution >= 0.6 is 11.6 Å². The Morgan fingerprint density at radius 3 is 1.88 bits per heavy atom.